The molecule has 0 radical (unpaired) electrons. The Bertz CT molecular complexity index is 887. The molecule has 9 heteroatoms. The van der Waals surface area contributed by atoms with E-state index in [1.807, 2.05) is 4.72 Å². The number of carbonyl (C=O) groups excluding carboxylic acids is 1. The van der Waals surface area contributed by atoms with Gasteiger partial charge in [0.2, 0.25) is 0 Å². The fraction of sp³-hybridized carbons (Fsp3) is 0. The topological polar surface area (TPSA) is 94.0 Å². The Labute approximate surface area is 130 Å². The Hall–Kier alpha value is -2.52. The number of rotatable bonds is 4. The molecule has 0 spiro atoms. The molecule has 0 atom stereocenters. The lowest BCUT2D eigenvalue weighted by atomic mass is 10.3. The molecule has 0 aromatic carbocycles. The molecule has 1 amide bonds. The predicted octanol–water partition coefficient (Wildman–Crippen LogP) is 1.45. The van der Waals surface area contributed by atoms with Crippen LogP contribution in [-0.2, 0) is 10.0 Å². The van der Waals surface area contributed by atoms with Crippen LogP contribution in [-0.4, -0.2) is 28.9 Å². The molecule has 0 fully saturated rings. The second-order valence-corrected chi connectivity index (χ2v) is 7.07. The second kappa shape index (κ2) is 5.70. The highest BCUT2D eigenvalue weighted by atomic mass is 32.2. The first kappa shape index (κ1) is 14.4. The van der Waals surface area contributed by atoms with Crippen molar-refractivity contribution in [2.45, 2.75) is 4.21 Å². The molecule has 3 heterocycles. The first-order chi connectivity index (χ1) is 10.6. The van der Waals surface area contributed by atoms with Crippen LogP contribution in [0.5, 0.6) is 0 Å². The number of nitrogens with one attached hydrogen (secondary N) is 1. The van der Waals surface area contributed by atoms with Gasteiger partial charge in [-0.15, -0.1) is 11.3 Å². The normalized spacial score (nSPS) is 11.3. The van der Waals surface area contributed by atoms with Gasteiger partial charge in [-0.3, -0.25) is 9.36 Å². The number of thiophene rings is 1. The van der Waals surface area contributed by atoms with Crippen molar-refractivity contribution in [1.29, 1.82) is 0 Å². The Morgan fingerprint density at radius 3 is 2.77 bits per heavy atom. The first-order valence-electron chi connectivity index (χ1n) is 6.12. The number of sulfonamides is 1. The van der Waals surface area contributed by atoms with E-state index < -0.39 is 15.9 Å². The monoisotopic (exact) mass is 334 g/mol. The largest absolute Gasteiger partial charge is 0.291 e. The van der Waals surface area contributed by atoms with E-state index >= 15 is 0 Å². The summed E-state index contributed by atoms with van der Waals surface area (Å²) in [6, 6.07) is 7.78. The highest BCUT2D eigenvalue weighted by molar-refractivity contribution is 7.92. The SMILES string of the molecule is O=C(NS(=O)(=O)c1cccs1)c1cccc(-n2ccnc2)n1. The quantitative estimate of drug-likeness (QED) is 0.779. The Balaban J connectivity index is 1.86. The lowest BCUT2D eigenvalue weighted by Crippen LogP contribution is -2.30. The summed E-state index contributed by atoms with van der Waals surface area (Å²) < 4.78 is 27.7. The minimum Gasteiger partial charge on any atom is -0.291 e. The Kier molecular flexibility index (Phi) is 3.73. The van der Waals surface area contributed by atoms with E-state index in [9.17, 15) is 13.2 Å². The molecule has 0 aliphatic carbocycles. The number of amides is 1. The lowest BCUT2D eigenvalue weighted by molar-refractivity contribution is 0.0976. The molecule has 0 aliphatic rings. The summed E-state index contributed by atoms with van der Waals surface area (Å²) in [4.78, 5) is 20.1. The highest BCUT2D eigenvalue weighted by Crippen LogP contribution is 2.15. The molecule has 3 aromatic heterocycles. The molecule has 0 unspecified atom stereocenters. The molecular weight excluding hydrogens is 324 g/mol. The number of aromatic nitrogens is 3. The zero-order valence-electron chi connectivity index (χ0n) is 11.1. The molecule has 0 saturated carbocycles. The molecule has 3 rings (SSSR count). The fourth-order valence-electron chi connectivity index (χ4n) is 1.73. The van der Waals surface area contributed by atoms with Crippen LogP contribution in [0.3, 0.4) is 0 Å². The van der Waals surface area contributed by atoms with E-state index in [-0.39, 0.29) is 9.90 Å². The van der Waals surface area contributed by atoms with Crippen LogP contribution in [0, 0.1) is 0 Å². The van der Waals surface area contributed by atoms with E-state index in [0.717, 1.165) is 11.3 Å². The molecule has 0 saturated heterocycles. The fourth-order valence-corrected chi connectivity index (χ4v) is 3.68. The van der Waals surface area contributed by atoms with E-state index in [1.54, 1.807) is 40.5 Å². The van der Waals surface area contributed by atoms with Crippen LogP contribution in [0.25, 0.3) is 5.82 Å². The molecule has 0 aliphatic heterocycles. The van der Waals surface area contributed by atoms with Crippen LogP contribution < -0.4 is 4.72 Å². The van der Waals surface area contributed by atoms with E-state index in [4.69, 9.17) is 0 Å². The van der Waals surface area contributed by atoms with E-state index in [2.05, 4.69) is 9.97 Å². The summed E-state index contributed by atoms with van der Waals surface area (Å²) >= 11 is 1.03. The van der Waals surface area contributed by atoms with Gasteiger partial charge in [-0.1, -0.05) is 12.1 Å². The van der Waals surface area contributed by atoms with Gasteiger partial charge in [-0.25, -0.2) is 23.1 Å². The third-order valence-corrected chi connectivity index (χ3v) is 5.45. The van der Waals surface area contributed by atoms with Gasteiger partial charge in [0.1, 0.15) is 22.0 Å². The van der Waals surface area contributed by atoms with Crippen molar-refractivity contribution in [1.82, 2.24) is 19.3 Å². The average molecular weight is 334 g/mol. The number of carbonyl (C=O) groups is 1. The second-order valence-electron chi connectivity index (χ2n) is 4.22. The molecular formula is C13H10N4O3S2. The summed E-state index contributed by atoms with van der Waals surface area (Å²) in [5.41, 5.74) is 0.00586. The van der Waals surface area contributed by atoms with Crippen molar-refractivity contribution in [3.8, 4) is 5.82 Å². The van der Waals surface area contributed by atoms with Crippen molar-refractivity contribution in [2.75, 3.05) is 0 Å². The van der Waals surface area contributed by atoms with Gasteiger partial charge in [-0.05, 0) is 23.6 Å². The van der Waals surface area contributed by atoms with Crippen LogP contribution in [0.4, 0.5) is 0 Å². The summed E-state index contributed by atoms with van der Waals surface area (Å²) in [5.74, 6) is -0.311. The highest BCUT2D eigenvalue weighted by Gasteiger charge is 2.20. The van der Waals surface area contributed by atoms with Gasteiger partial charge in [0, 0.05) is 12.4 Å². The maximum atomic E-state index is 12.1. The Morgan fingerprint density at radius 2 is 2.09 bits per heavy atom. The van der Waals surface area contributed by atoms with Crippen LogP contribution >= 0.6 is 11.3 Å². The van der Waals surface area contributed by atoms with E-state index in [1.165, 1.54) is 18.5 Å². The Morgan fingerprint density at radius 1 is 1.23 bits per heavy atom. The van der Waals surface area contributed by atoms with Crippen LogP contribution in [0.2, 0.25) is 0 Å². The van der Waals surface area contributed by atoms with Crippen molar-refractivity contribution in [2.24, 2.45) is 0 Å². The number of pyridine rings is 1. The number of imidazole rings is 1. The smallest absolute Gasteiger partial charge is 0.283 e. The molecule has 7 nitrogen and oxygen atoms in total. The summed E-state index contributed by atoms with van der Waals surface area (Å²) in [6.45, 7) is 0. The minimum absolute atomic E-state index is 0.00586. The van der Waals surface area contributed by atoms with Crippen molar-refractivity contribution in [3.63, 3.8) is 0 Å². The molecule has 112 valence electrons. The van der Waals surface area contributed by atoms with Gasteiger partial charge in [0.15, 0.2) is 0 Å². The van der Waals surface area contributed by atoms with Gasteiger partial charge in [0.25, 0.3) is 15.9 Å². The number of hydrogen-bond donors (Lipinski definition) is 1. The number of nitrogens with zero attached hydrogens (tertiary/aromatic N) is 3. The number of hydrogen-bond acceptors (Lipinski definition) is 6. The average Bonchev–Trinajstić information content (AvgIpc) is 3.20. The third kappa shape index (κ3) is 2.90. The molecule has 22 heavy (non-hydrogen) atoms. The van der Waals surface area contributed by atoms with Gasteiger partial charge in [-0.2, -0.15) is 0 Å². The zero-order chi connectivity index (χ0) is 15.6. The van der Waals surface area contributed by atoms with Gasteiger partial charge in [0.05, 0.1) is 0 Å². The standard InChI is InChI=1S/C13H10N4O3S2/c18-13(16-22(19,20)12-5-2-8-21-12)10-3-1-4-11(15-10)17-7-6-14-9-17/h1-9H,(H,16,18). The first-order valence-corrected chi connectivity index (χ1v) is 8.48. The van der Waals surface area contributed by atoms with Crippen LogP contribution in [0.15, 0.2) is 58.6 Å². The van der Waals surface area contributed by atoms with Gasteiger partial charge < -0.3 is 0 Å². The summed E-state index contributed by atoms with van der Waals surface area (Å²) in [7, 11) is -3.87. The molecule has 3 aromatic rings. The zero-order valence-corrected chi connectivity index (χ0v) is 12.7. The predicted molar refractivity (Wildman–Crippen MR) is 80.3 cm³/mol. The van der Waals surface area contributed by atoms with Crippen molar-refractivity contribution in [3.05, 3.63) is 60.1 Å². The summed E-state index contributed by atoms with van der Waals surface area (Å²) in [6.07, 6.45) is 4.79. The van der Waals surface area contributed by atoms with E-state index in [0.29, 0.717) is 5.82 Å². The van der Waals surface area contributed by atoms with Crippen molar-refractivity contribution < 1.29 is 13.2 Å². The lowest BCUT2D eigenvalue weighted by Gasteiger charge is -2.06. The van der Waals surface area contributed by atoms with Crippen LogP contribution in [0.1, 0.15) is 10.5 Å². The maximum absolute atomic E-state index is 12.1. The maximum Gasteiger partial charge on any atom is 0.283 e. The minimum atomic E-state index is -3.87. The molecule has 0 bridgehead atoms. The van der Waals surface area contributed by atoms with Crippen molar-refractivity contribution >= 4 is 27.3 Å². The molecule has 1 N–H and O–H groups in total. The van der Waals surface area contributed by atoms with Gasteiger partial charge >= 0.3 is 0 Å². The summed E-state index contributed by atoms with van der Waals surface area (Å²) in [5, 5.41) is 1.62. The third-order valence-electron chi connectivity index (χ3n) is 2.72.